The van der Waals surface area contributed by atoms with Gasteiger partial charge in [-0.3, -0.25) is 14.2 Å². The first-order valence-electron chi connectivity index (χ1n) is 12.1. The van der Waals surface area contributed by atoms with Crippen LogP contribution in [0, 0.1) is 0 Å². The summed E-state index contributed by atoms with van der Waals surface area (Å²) >= 11 is 5.84. The van der Waals surface area contributed by atoms with Crippen molar-refractivity contribution in [3.63, 3.8) is 0 Å². The van der Waals surface area contributed by atoms with Crippen molar-refractivity contribution in [2.75, 3.05) is 13.2 Å². The zero-order chi connectivity index (χ0) is 31.2. The highest BCUT2D eigenvalue weighted by atomic mass is 35.5. The number of aromatic nitrogens is 3. The Balaban J connectivity index is 1.97. The van der Waals surface area contributed by atoms with Crippen molar-refractivity contribution in [1.82, 2.24) is 25.0 Å². The van der Waals surface area contributed by atoms with Crippen molar-refractivity contribution in [1.29, 1.82) is 0 Å². The van der Waals surface area contributed by atoms with Gasteiger partial charge in [0.25, 0.3) is 0 Å². The lowest BCUT2D eigenvalue weighted by atomic mass is 9.97. The number of benzene rings is 2. The molecule has 228 valence electrons. The van der Waals surface area contributed by atoms with Crippen LogP contribution < -0.4 is 16.3 Å². The van der Waals surface area contributed by atoms with Gasteiger partial charge in [0.2, 0.25) is 11.8 Å². The Morgan fingerprint density at radius 2 is 1.64 bits per heavy atom. The third kappa shape index (κ3) is 8.33. The highest BCUT2D eigenvalue weighted by Crippen LogP contribution is 2.35. The first kappa shape index (κ1) is 32.6. The Bertz CT molecular complexity index is 1460. The topological polar surface area (TPSA) is 138 Å². The van der Waals surface area contributed by atoms with Crippen molar-refractivity contribution >= 4 is 23.4 Å². The number of nitrogens with zero attached hydrogens (tertiary/aromatic N) is 3. The van der Waals surface area contributed by atoms with Crippen LogP contribution in [0.25, 0.3) is 11.4 Å². The van der Waals surface area contributed by atoms with Crippen LogP contribution in [0.15, 0.2) is 53.3 Å². The number of alkyl halides is 6. The lowest BCUT2D eigenvalue weighted by Gasteiger charge is -2.22. The standard InChI is InChI=1S/C25H24ClF6N5O5/c26-15-7-5-14(6-8-15)22-35-37(23(42)36(22)12-19(39)25(30,31)32)13-21(41)34-18(11-20(40)33-9-10-38)16-3-1-2-4-17(16)24(27,28)29/h1-8,18-19,38-39H,9-13H2,(H,33,40)(H,34,41)/t18?,19-/m0/s1. The number of aliphatic hydroxyl groups excluding tert-OH is 2. The van der Waals surface area contributed by atoms with E-state index in [9.17, 15) is 45.8 Å². The molecule has 0 aliphatic heterocycles. The summed E-state index contributed by atoms with van der Waals surface area (Å²) in [6, 6.07) is 7.99. The molecule has 0 saturated heterocycles. The summed E-state index contributed by atoms with van der Waals surface area (Å²) in [5.41, 5.74) is -2.72. The van der Waals surface area contributed by atoms with Crippen LogP contribution in [-0.2, 0) is 28.9 Å². The zero-order valence-electron chi connectivity index (χ0n) is 21.4. The van der Waals surface area contributed by atoms with Crippen molar-refractivity contribution in [3.05, 3.63) is 75.2 Å². The van der Waals surface area contributed by atoms with Crippen LogP contribution in [0.4, 0.5) is 26.3 Å². The molecule has 1 aromatic heterocycles. The largest absolute Gasteiger partial charge is 0.416 e. The maximum atomic E-state index is 13.7. The van der Waals surface area contributed by atoms with Crippen molar-refractivity contribution < 1.29 is 46.1 Å². The van der Waals surface area contributed by atoms with Gasteiger partial charge in [0, 0.05) is 17.1 Å². The monoisotopic (exact) mass is 623 g/mol. The summed E-state index contributed by atoms with van der Waals surface area (Å²) in [4.78, 5) is 38.3. The molecule has 1 heterocycles. The number of nitrogens with one attached hydrogen (secondary N) is 2. The second-order valence-corrected chi connectivity index (χ2v) is 9.36. The molecule has 0 bridgehead atoms. The molecule has 10 nitrogen and oxygen atoms in total. The van der Waals surface area contributed by atoms with Crippen LogP contribution >= 0.6 is 11.6 Å². The number of rotatable bonds is 11. The van der Waals surface area contributed by atoms with Gasteiger partial charge in [0.05, 0.1) is 31.2 Å². The summed E-state index contributed by atoms with van der Waals surface area (Å²) in [5.74, 6) is -2.26. The molecule has 1 unspecified atom stereocenters. The highest BCUT2D eigenvalue weighted by Gasteiger charge is 2.40. The second-order valence-electron chi connectivity index (χ2n) is 8.92. The van der Waals surface area contributed by atoms with Crippen LogP contribution in [0.3, 0.4) is 0 Å². The number of carbonyl (C=O) groups excluding carboxylic acids is 2. The summed E-state index contributed by atoms with van der Waals surface area (Å²) in [6.07, 6.45) is -13.6. The van der Waals surface area contributed by atoms with E-state index >= 15 is 0 Å². The number of amides is 2. The Labute approximate surface area is 238 Å². The lowest BCUT2D eigenvalue weighted by Crippen LogP contribution is -2.40. The van der Waals surface area contributed by atoms with E-state index in [1.54, 1.807) is 0 Å². The lowest BCUT2D eigenvalue weighted by molar-refractivity contribution is -0.207. The zero-order valence-corrected chi connectivity index (χ0v) is 22.2. The van der Waals surface area contributed by atoms with E-state index in [0.29, 0.717) is 9.25 Å². The molecule has 0 spiro atoms. The molecule has 3 rings (SSSR count). The fourth-order valence-electron chi connectivity index (χ4n) is 3.92. The summed E-state index contributed by atoms with van der Waals surface area (Å²) in [7, 11) is 0. The van der Waals surface area contributed by atoms with Gasteiger partial charge in [-0.2, -0.15) is 26.3 Å². The van der Waals surface area contributed by atoms with E-state index in [0.717, 1.165) is 18.2 Å². The summed E-state index contributed by atoms with van der Waals surface area (Å²) < 4.78 is 81.3. The number of carbonyl (C=O) groups is 2. The molecule has 2 amide bonds. The molecule has 0 fully saturated rings. The molecule has 0 aliphatic rings. The molecule has 2 atom stereocenters. The van der Waals surface area contributed by atoms with Crippen LogP contribution in [-0.4, -0.2) is 61.8 Å². The van der Waals surface area contributed by atoms with E-state index in [-0.39, 0.29) is 23.0 Å². The Kier molecular flexibility index (Phi) is 10.4. The van der Waals surface area contributed by atoms with Gasteiger partial charge in [0.1, 0.15) is 6.54 Å². The quantitative estimate of drug-likeness (QED) is 0.242. The van der Waals surface area contributed by atoms with E-state index in [2.05, 4.69) is 15.7 Å². The molecular formula is C25H24ClF6N5O5. The summed E-state index contributed by atoms with van der Waals surface area (Å²) in [5, 5.41) is 27.2. The SMILES string of the molecule is O=C(CC(NC(=O)Cn1nc(-c2ccc(Cl)cc2)n(C[C@H](O)C(F)(F)F)c1=O)c1ccccc1C(F)(F)F)NCCO. The molecule has 17 heteroatoms. The normalized spacial score (nSPS) is 13.5. The van der Waals surface area contributed by atoms with Gasteiger partial charge in [-0.15, -0.1) is 5.10 Å². The molecule has 4 N–H and O–H groups in total. The first-order chi connectivity index (χ1) is 19.6. The van der Waals surface area contributed by atoms with E-state index in [1.165, 1.54) is 30.3 Å². The predicted molar refractivity (Wildman–Crippen MR) is 136 cm³/mol. The maximum Gasteiger partial charge on any atom is 0.416 e. The molecule has 3 aromatic rings. The van der Waals surface area contributed by atoms with Crippen LogP contribution in [0.2, 0.25) is 5.02 Å². The third-order valence-corrected chi connectivity index (χ3v) is 6.10. The molecule has 0 radical (unpaired) electrons. The van der Waals surface area contributed by atoms with E-state index < -0.39 is 79.2 Å². The number of aliphatic hydroxyl groups is 2. The molecule has 42 heavy (non-hydrogen) atoms. The van der Waals surface area contributed by atoms with Gasteiger partial charge in [-0.1, -0.05) is 29.8 Å². The minimum atomic E-state index is -5.09. The average molecular weight is 624 g/mol. The minimum absolute atomic E-state index is 0.113. The molecule has 0 saturated carbocycles. The molecule has 0 aliphatic carbocycles. The number of hydrogen-bond acceptors (Lipinski definition) is 6. The van der Waals surface area contributed by atoms with Gasteiger partial charge in [-0.25, -0.2) is 9.48 Å². The molecule has 2 aromatic carbocycles. The average Bonchev–Trinajstić information content (AvgIpc) is 3.20. The minimum Gasteiger partial charge on any atom is -0.395 e. The van der Waals surface area contributed by atoms with Gasteiger partial charge < -0.3 is 20.8 Å². The fraction of sp³-hybridized carbons (Fsp3) is 0.360. The highest BCUT2D eigenvalue weighted by molar-refractivity contribution is 6.30. The second kappa shape index (κ2) is 13.4. The maximum absolute atomic E-state index is 13.7. The van der Waals surface area contributed by atoms with Gasteiger partial charge in [0.15, 0.2) is 11.9 Å². The van der Waals surface area contributed by atoms with E-state index in [1.807, 2.05) is 0 Å². The summed E-state index contributed by atoms with van der Waals surface area (Å²) in [6.45, 7) is -2.89. The van der Waals surface area contributed by atoms with Crippen molar-refractivity contribution in [2.45, 2.75) is 44.0 Å². The van der Waals surface area contributed by atoms with E-state index in [4.69, 9.17) is 16.7 Å². The van der Waals surface area contributed by atoms with Crippen LogP contribution in [0.5, 0.6) is 0 Å². The Hall–Kier alpha value is -3.89. The van der Waals surface area contributed by atoms with Gasteiger partial charge in [-0.05, 0) is 35.9 Å². The van der Waals surface area contributed by atoms with Crippen LogP contribution in [0.1, 0.15) is 23.6 Å². The predicted octanol–water partition coefficient (Wildman–Crippen LogP) is 2.66. The Morgan fingerprint density at radius 1 is 1.00 bits per heavy atom. The third-order valence-electron chi connectivity index (χ3n) is 5.85. The number of hydrogen-bond donors (Lipinski definition) is 4. The Morgan fingerprint density at radius 3 is 2.24 bits per heavy atom. The van der Waals surface area contributed by atoms with Crippen molar-refractivity contribution in [3.8, 4) is 11.4 Å². The number of halogens is 7. The first-order valence-corrected chi connectivity index (χ1v) is 12.5. The smallest absolute Gasteiger partial charge is 0.395 e. The van der Waals surface area contributed by atoms with Gasteiger partial charge >= 0.3 is 18.0 Å². The fourth-order valence-corrected chi connectivity index (χ4v) is 4.05. The molecular weight excluding hydrogens is 600 g/mol. The van der Waals surface area contributed by atoms with Crippen molar-refractivity contribution in [2.24, 2.45) is 0 Å².